The van der Waals surface area contributed by atoms with Crippen LogP contribution in [-0.2, 0) is 4.74 Å². The van der Waals surface area contributed by atoms with Crippen molar-refractivity contribution in [2.45, 2.75) is 76.9 Å². The van der Waals surface area contributed by atoms with Gasteiger partial charge < -0.3 is 10.1 Å². The standard InChI is InChI=1S/C17H31NO/c1-2-13-4-3-5-16(12-13)19-11-10-18-17(14-6-7-14)15-8-9-15/h13-18H,2-12H2,1H3. The molecule has 19 heavy (non-hydrogen) atoms. The Morgan fingerprint density at radius 3 is 2.42 bits per heavy atom. The lowest BCUT2D eigenvalue weighted by Crippen LogP contribution is -2.36. The highest BCUT2D eigenvalue weighted by Crippen LogP contribution is 2.44. The zero-order valence-corrected chi connectivity index (χ0v) is 12.6. The van der Waals surface area contributed by atoms with Crippen LogP contribution in [0.1, 0.15) is 64.7 Å². The average molecular weight is 265 g/mol. The predicted octanol–water partition coefficient (Wildman–Crippen LogP) is 3.75. The van der Waals surface area contributed by atoms with Gasteiger partial charge in [0, 0.05) is 12.6 Å². The molecule has 0 radical (unpaired) electrons. The van der Waals surface area contributed by atoms with Gasteiger partial charge in [0.25, 0.3) is 0 Å². The Kier molecular flexibility index (Phi) is 4.81. The fraction of sp³-hybridized carbons (Fsp3) is 1.00. The molecular weight excluding hydrogens is 234 g/mol. The van der Waals surface area contributed by atoms with Gasteiger partial charge in [0.05, 0.1) is 12.7 Å². The van der Waals surface area contributed by atoms with E-state index in [4.69, 9.17) is 4.74 Å². The SMILES string of the molecule is CCC1CCCC(OCCNC(C2CC2)C2CC2)C1. The van der Waals surface area contributed by atoms with Crippen LogP contribution in [-0.4, -0.2) is 25.3 Å². The molecule has 0 bridgehead atoms. The zero-order valence-electron chi connectivity index (χ0n) is 12.6. The van der Waals surface area contributed by atoms with Gasteiger partial charge in [-0.25, -0.2) is 0 Å². The second-order valence-electron chi connectivity index (χ2n) is 7.09. The van der Waals surface area contributed by atoms with Gasteiger partial charge in [-0.3, -0.25) is 0 Å². The van der Waals surface area contributed by atoms with E-state index in [9.17, 15) is 0 Å². The molecule has 3 aliphatic carbocycles. The highest BCUT2D eigenvalue weighted by molar-refractivity contribution is 4.96. The zero-order chi connectivity index (χ0) is 13.1. The largest absolute Gasteiger partial charge is 0.377 e. The lowest BCUT2D eigenvalue weighted by Gasteiger charge is -2.28. The lowest BCUT2D eigenvalue weighted by atomic mass is 9.85. The molecule has 0 heterocycles. The molecule has 2 atom stereocenters. The molecule has 2 heteroatoms. The number of nitrogens with one attached hydrogen (secondary N) is 1. The van der Waals surface area contributed by atoms with Gasteiger partial charge in [-0.05, 0) is 56.3 Å². The monoisotopic (exact) mass is 265 g/mol. The number of rotatable bonds is 8. The smallest absolute Gasteiger partial charge is 0.0594 e. The topological polar surface area (TPSA) is 21.3 Å². The molecule has 0 aromatic rings. The van der Waals surface area contributed by atoms with Crippen molar-refractivity contribution in [3.05, 3.63) is 0 Å². The minimum Gasteiger partial charge on any atom is -0.377 e. The van der Waals surface area contributed by atoms with E-state index in [1.165, 1.54) is 57.8 Å². The van der Waals surface area contributed by atoms with Crippen molar-refractivity contribution in [3.63, 3.8) is 0 Å². The first-order valence-electron chi connectivity index (χ1n) is 8.71. The van der Waals surface area contributed by atoms with E-state index in [1.807, 2.05) is 0 Å². The van der Waals surface area contributed by atoms with E-state index in [0.717, 1.165) is 36.9 Å². The summed E-state index contributed by atoms with van der Waals surface area (Å²) in [5.74, 6) is 2.94. The molecule has 3 aliphatic rings. The van der Waals surface area contributed by atoms with Gasteiger partial charge in [-0.2, -0.15) is 0 Å². The molecule has 1 N–H and O–H groups in total. The first kappa shape index (κ1) is 13.9. The lowest BCUT2D eigenvalue weighted by molar-refractivity contribution is 0.0130. The molecule has 0 saturated heterocycles. The van der Waals surface area contributed by atoms with Gasteiger partial charge in [-0.1, -0.05) is 26.2 Å². The van der Waals surface area contributed by atoms with Gasteiger partial charge >= 0.3 is 0 Å². The molecule has 0 aliphatic heterocycles. The molecule has 3 fully saturated rings. The van der Waals surface area contributed by atoms with Crippen molar-refractivity contribution in [1.29, 1.82) is 0 Å². The maximum absolute atomic E-state index is 6.10. The number of hydrogen-bond donors (Lipinski definition) is 1. The third-order valence-electron chi connectivity index (χ3n) is 5.41. The van der Waals surface area contributed by atoms with Crippen molar-refractivity contribution in [3.8, 4) is 0 Å². The van der Waals surface area contributed by atoms with Crippen LogP contribution in [0.15, 0.2) is 0 Å². The predicted molar refractivity (Wildman–Crippen MR) is 79.2 cm³/mol. The summed E-state index contributed by atoms with van der Waals surface area (Å²) in [6.45, 7) is 4.33. The third-order valence-corrected chi connectivity index (χ3v) is 5.41. The maximum Gasteiger partial charge on any atom is 0.0594 e. The van der Waals surface area contributed by atoms with Crippen molar-refractivity contribution in [1.82, 2.24) is 5.32 Å². The minimum atomic E-state index is 0.556. The molecule has 110 valence electrons. The van der Waals surface area contributed by atoms with E-state index in [2.05, 4.69) is 12.2 Å². The van der Waals surface area contributed by atoms with E-state index in [-0.39, 0.29) is 0 Å². The summed E-state index contributed by atoms with van der Waals surface area (Å²) in [5.41, 5.74) is 0. The van der Waals surface area contributed by atoms with Gasteiger partial charge in [0.15, 0.2) is 0 Å². The molecule has 3 saturated carbocycles. The van der Waals surface area contributed by atoms with Crippen LogP contribution >= 0.6 is 0 Å². The molecule has 0 aromatic heterocycles. The second kappa shape index (κ2) is 6.58. The molecule has 3 rings (SSSR count). The Balaban J connectivity index is 1.29. The van der Waals surface area contributed by atoms with Crippen LogP contribution in [0.3, 0.4) is 0 Å². The summed E-state index contributed by atoms with van der Waals surface area (Å²) in [5, 5.41) is 3.78. The normalized spacial score (nSPS) is 31.9. The highest BCUT2D eigenvalue weighted by Gasteiger charge is 2.40. The fourth-order valence-electron chi connectivity index (χ4n) is 3.84. The molecule has 0 aromatic carbocycles. The van der Waals surface area contributed by atoms with Crippen molar-refractivity contribution >= 4 is 0 Å². The molecular formula is C17H31NO. The summed E-state index contributed by atoms with van der Waals surface area (Å²) >= 11 is 0. The van der Waals surface area contributed by atoms with Crippen LogP contribution in [0.5, 0.6) is 0 Å². The van der Waals surface area contributed by atoms with Crippen LogP contribution in [0, 0.1) is 17.8 Å². The summed E-state index contributed by atoms with van der Waals surface area (Å²) in [4.78, 5) is 0. The summed E-state index contributed by atoms with van der Waals surface area (Å²) in [6, 6.07) is 0.832. The molecule has 0 amide bonds. The fourth-order valence-corrected chi connectivity index (χ4v) is 3.84. The number of ether oxygens (including phenoxy) is 1. The first-order valence-corrected chi connectivity index (χ1v) is 8.71. The van der Waals surface area contributed by atoms with E-state index < -0.39 is 0 Å². The highest BCUT2D eigenvalue weighted by atomic mass is 16.5. The van der Waals surface area contributed by atoms with E-state index in [1.54, 1.807) is 0 Å². The third kappa shape index (κ3) is 4.19. The Bertz CT molecular complexity index is 260. The van der Waals surface area contributed by atoms with Crippen molar-refractivity contribution < 1.29 is 4.74 Å². The minimum absolute atomic E-state index is 0.556. The van der Waals surface area contributed by atoms with Crippen LogP contribution in [0.25, 0.3) is 0 Å². The summed E-state index contributed by atoms with van der Waals surface area (Å²) < 4.78 is 6.10. The average Bonchev–Trinajstić information content (AvgIpc) is 3.31. The maximum atomic E-state index is 6.10. The van der Waals surface area contributed by atoms with Gasteiger partial charge in [-0.15, -0.1) is 0 Å². The molecule has 2 unspecified atom stereocenters. The van der Waals surface area contributed by atoms with Crippen LogP contribution in [0.4, 0.5) is 0 Å². The van der Waals surface area contributed by atoms with Gasteiger partial charge in [0.1, 0.15) is 0 Å². The quantitative estimate of drug-likeness (QED) is 0.675. The Morgan fingerprint density at radius 2 is 1.79 bits per heavy atom. The molecule has 0 spiro atoms. The van der Waals surface area contributed by atoms with Gasteiger partial charge in [0.2, 0.25) is 0 Å². The first-order chi connectivity index (χ1) is 9.36. The van der Waals surface area contributed by atoms with E-state index in [0.29, 0.717) is 6.10 Å². The van der Waals surface area contributed by atoms with E-state index >= 15 is 0 Å². The van der Waals surface area contributed by atoms with Crippen LogP contribution in [0.2, 0.25) is 0 Å². The summed E-state index contributed by atoms with van der Waals surface area (Å²) in [6.07, 6.45) is 13.2. The second-order valence-corrected chi connectivity index (χ2v) is 7.09. The van der Waals surface area contributed by atoms with Crippen molar-refractivity contribution in [2.75, 3.05) is 13.2 Å². The van der Waals surface area contributed by atoms with Crippen LogP contribution < -0.4 is 5.32 Å². The number of hydrogen-bond acceptors (Lipinski definition) is 2. The van der Waals surface area contributed by atoms with Crippen molar-refractivity contribution in [2.24, 2.45) is 17.8 Å². The Labute approximate surface area is 118 Å². The molecule has 2 nitrogen and oxygen atoms in total. The summed E-state index contributed by atoms with van der Waals surface area (Å²) in [7, 11) is 0. The Morgan fingerprint density at radius 1 is 1.05 bits per heavy atom. The Hall–Kier alpha value is -0.0800.